The Hall–Kier alpha value is -2.08. The SMILES string of the molecule is Cn1c(C(=O)Nc2nccs2)cc2occc21. The van der Waals surface area contributed by atoms with Crippen LogP contribution in [0.25, 0.3) is 11.1 Å². The highest BCUT2D eigenvalue weighted by molar-refractivity contribution is 7.13. The van der Waals surface area contributed by atoms with Crippen LogP contribution in [0, 0.1) is 0 Å². The molecule has 17 heavy (non-hydrogen) atoms. The molecule has 1 N–H and O–H groups in total. The third-order valence-electron chi connectivity index (χ3n) is 2.55. The summed E-state index contributed by atoms with van der Waals surface area (Å²) in [6, 6.07) is 3.55. The second-order valence-electron chi connectivity index (χ2n) is 3.55. The number of aryl methyl sites for hydroxylation is 1. The van der Waals surface area contributed by atoms with Crippen molar-refractivity contribution >= 4 is 33.5 Å². The van der Waals surface area contributed by atoms with E-state index in [9.17, 15) is 4.79 Å². The van der Waals surface area contributed by atoms with Gasteiger partial charge in [-0.2, -0.15) is 0 Å². The quantitative estimate of drug-likeness (QED) is 0.756. The van der Waals surface area contributed by atoms with Gasteiger partial charge >= 0.3 is 0 Å². The Kier molecular flexibility index (Phi) is 2.22. The van der Waals surface area contributed by atoms with Crippen LogP contribution in [0.5, 0.6) is 0 Å². The summed E-state index contributed by atoms with van der Waals surface area (Å²) in [7, 11) is 1.83. The van der Waals surface area contributed by atoms with Crippen LogP contribution in [0.4, 0.5) is 5.13 Å². The number of nitrogens with zero attached hydrogens (tertiary/aromatic N) is 2. The standard InChI is InChI=1S/C11H9N3O2S/c1-14-7-2-4-16-9(7)6-8(14)10(15)13-11-12-3-5-17-11/h2-6H,1H3,(H,12,13,15). The number of carbonyl (C=O) groups excluding carboxylic acids is 1. The smallest absolute Gasteiger partial charge is 0.274 e. The molecule has 1 amide bonds. The lowest BCUT2D eigenvalue weighted by Gasteiger charge is -2.02. The van der Waals surface area contributed by atoms with Crippen molar-refractivity contribution < 1.29 is 9.21 Å². The first kappa shape index (κ1) is 10.1. The lowest BCUT2D eigenvalue weighted by atomic mass is 10.4. The molecule has 3 heterocycles. The molecule has 0 bridgehead atoms. The van der Waals surface area contributed by atoms with E-state index >= 15 is 0 Å². The minimum atomic E-state index is -0.186. The van der Waals surface area contributed by atoms with Gasteiger partial charge in [0.05, 0.1) is 11.8 Å². The van der Waals surface area contributed by atoms with E-state index in [1.807, 2.05) is 18.5 Å². The number of carbonyl (C=O) groups is 1. The van der Waals surface area contributed by atoms with E-state index in [1.54, 1.807) is 23.1 Å². The molecule has 0 atom stereocenters. The molecule has 3 aromatic heterocycles. The summed E-state index contributed by atoms with van der Waals surface area (Å²) in [5, 5.41) is 5.14. The number of hydrogen-bond donors (Lipinski definition) is 1. The number of thiazole rings is 1. The minimum absolute atomic E-state index is 0.186. The van der Waals surface area contributed by atoms with Crippen molar-refractivity contribution in [2.75, 3.05) is 5.32 Å². The van der Waals surface area contributed by atoms with Gasteiger partial charge in [0.2, 0.25) is 0 Å². The predicted octanol–water partition coefficient (Wildman–Crippen LogP) is 2.48. The zero-order valence-corrected chi connectivity index (χ0v) is 9.82. The number of fused-ring (bicyclic) bond motifs is 1. The average molecular weight is 247 g/mol. The van der Waals surface area contributed by atoms with Gasteiger partial charge in [-0.25, -0.2) is 4.98 Å². The van der Waals surface area contributed by atoms with Gasteiger partial charge in [0.15, 0.2) is 10.7 Å². The van der Waals surface area contributed by atoms with E-state index in [-0.39, 0.29) is 5.91 Å². The van der Waals surface area contributed by atoms with E-state index in [0.29, 0.717) is 16.4 Å². The van der Waals surface area contributed by atoms with E-state index in [0.717, 1.165) is 5.52 Å². The number of nitrogens with one attached hydrogen (secondary N) is 1. The fourth-order valence-electron chi connectivity index (χ4n) is 1.71. The number of anilines is 1. The summed E-state index contributed by atoms with van der Waals surface area (Å²) in [6.07, 6.45) is 3.25. The number of hydrogen-bond acceptors (Lipinski definition) is 4. The fourth-order valence-corrected chi connectivity index (χ4v) is 2.24. The summed E-state index contributed by atoms with van der Waals surface area (Å²) in [6.45, 7) is 0. The van der Waals surface area contributed by atoms with Crippen LogP contribution in [0.1, 0.15) is 10.5 Å². The zero-order chi connectivity index (χ0) is 11.8. The molecule has 0 aromatic carbocycles. The Morgan fingerprint density at radius 3 is 3.18 bits per heavy atom. The van der Waals surface area contributed by atoms with Gasteiger partial charge in [-0.1, -0.05) is 0 Å². The average Bonchev–Trinajstić information content (AvgIpc) is 2.97. The molecule has 0 fully saturated rings. The molecule has 0 unspecified atom stereocenters. The maximum atomic E-state index is 12.0. The summed E-state index contributed by atoms with van der Waals surface area (Å²) in [5.41, 5.74) is 2.15. The number of furan rings is 1. The topological polar surface area (TPSA) is 60.1 Å². The van der Waals surface area contributed by atoms with Crippen LogP contribution in [0.15, 0.2) is 34.4 Å². The van der Waals surface area contributed by atoms with E-state index in [4.69, 9.17) is 4.42 Å². The van der Waals surface area contributed by atoms with Crippen LogP contribution in [-0.4, -0.2) is 15.5 Å². The number of rotatable bonds is 2. The van der Waals surface area contributed by atoms with Gasteiger partial charge in [-0.15, -0.1) is 11.3 Å². The van der Waals surface area contributed by atoms with Crippen LogP contribution in [0.3, 0.4) is 0 Å². The van der Waals surface area contributed by atoms with Crippen molar-refractivity contribution in [2.24, 2.45) is 7.05 Å². The molecule has 0 radical (unpaired) electrons. The second-order valence-corrected chi connectivity index (χ2v) is 4.44. The van der Waals surface area contributed by atoms with Crippen molar-refractivity contribution in [2.45, 2.75) is 0 Å². The molecule has 3 rings (SSSR count). The van der Waals surface area contributed by atoms with Gasteiger partial charge in [-0.3, -0.25) is 10.1 Å². The Labute approximate surface area is 101 Å². The highest BCUT2D eigenvalue weighted by Gasteiger charge is 2.15. The Bertz CT molecular complexity index is 666. The van der Waals surface area contributed by atoms with Crippen molar-refractivity contribution in [3.8, 4) is 0 Å². The number of aromatic nitrogens is 2. The lowest BCUT2D eigenvalue weighted by Crippen LogP contribution is -2.15. The molecule has 3 aromatic rings. The van der Waals surface area contributed by atoms with E-state index in [1.165, 1.54) is 11.3 Å². The van der Waals surface area contributed by atoms with Crippen molar-refractivity contribution in [1.82, 2.24) is 9.55 Å². The summed E-state index contributed by atoms with van der Waals surface area (Å²) in [5.74, 6) is -0.186. The van der Waals surface area contributed by atoms with Crippen LogP contribution in [0.2, 0.25) is 0 Å². The molecular weight excluding hydrogens is 238 g/mol. The van der Waals surface area contributed by atoms with Gasteiger partial charge < -0.3 is 8.98 Å². The first-order chi connectivity index (χ1) is 8.25. The van der Waals surface area contributed by atoms with Crippen molar-refractivity contribution in [3.63, 3.8) is 0 Å². The zero-order valence-electron chi connectivity index (χ0n) is 9.01. The maximum absolute atomic E-state index is 12.0. The van der Waals surface area contributed by atoms with E-state index in [2.05, 4.69) is 10.3 Å². The minimum Gasteiger partial charge on any atom is -0.463 e. The Morgan fingerprint density at radius 1 is 1.59 bits per heavy atom. The normalized spacial score (nSPS) is 10.9. The van der Waals surface area contributed by atoms with Crippen molar-refractivity contribution in [3.05, 3.63) is 35.7 Å². The van der Waals surface area contributed by atoms with Gasteiger partial charge in [0, 0.05) is 30.8 Å². The van der Waals surface area contributed by atoms with Crippen molar-refractivity contribution in [1.29, 1.82) is 0 Å². The highest BCUT2D eigenvalue weighted by Crippen LogP contribution is 2.20. The molecule has 6 heteroatoms. The van der Waals surface area contributed by atoms with Crippen LogP contribution < -0.4 is 5.32 Å². The Morgan fingerprint density at radius 2 is 2.47 bits per heavy atom. The largest absolute Gasteiger partial charge is 0.463 e. The molecule has 5 nitrogen and oxygen atoms in total. The molecule has 0 saturated carbocycles. The highest BCUT2D eigenvalue weighted by atomic mass is 32.1. The van der Waals surface area contributed by atoms with Crippen LogP contribution >= 0.6 is 11.3 Å². The first-order valence-corrected chi connectivity index (χ1v) is 5.87. The molecule has 0 aliphatic carbocycles. The molecule has 0 aliphatic heterocycles. The van der Waals surface area contributed by atoms with Crippen LogP contribution in [-0.2, 0) is 7.05 Å². The molecule has 0 spiro atoms. The second kappa shape index (κ2) is 3.74. The summed E-state index contributed by atoms with van der Waals surface area (Å²) in [4.78, 5) is 16.0. The van der Waals surface area contributed by atoms with E-state index < -0.39 is 0 Å². The van der Waals surface area contributed by atoms with Gasteiger partial charge in [-0.05, 0) is 0 Å². The summed E-state index contributed by atoms with van der Waals surface area (Å²) >= 11 is 1.38. The third-order valence-corrected chi connectivity index (χ3v) is 3.24. The predicted molar refractivity (Wildman–Crippen MR) is 65.3 cm³/mol. The monoisotopic (exact) mass is 247 g/mol. The van der Waals surface area contributed by atoms with Gasteiger partial charge in [0.25, 0.3) is 5.91 Å². The van der Waals surface area contributed by atoms with Gasteiger partial charge in [0.1, 0.15) is 5.69 Å². The lowest BCUT2D eigenvalue weighted by molar-refractivity contribution is 0.101. The molecule has 0 saturated heterocycles. The first-order valence-electron chi connectivity index (χ1n) is 4.99. The Balaban J connectivity index is 1.95. The maximum Gasteiger partial charge on any atom is 0.274 e. The molecule has 86 valence electrons. The summed E-state index contributed by atoms with van der Waals surface area (Å²) < 4.78 is 7.04. The number of amides is 1. The fraction of sp³-hybridized carbons (Fsp3) is 0.0909. The molecular formula is C11H9N3O2S. The molecule has 0 aliphatic rings. The third kappa shape index (κ3) is 1.62.